The molecule has 3 aliphatic heterocycles. The maximum absolute atomic E-state index is 15.0. The number of carboxylic acid groups (broad SMARTS) is 1. The van der Waals surface area contributed by atoms with Gasteiger partial charge in [-0.15, -0.1) is 0 Å². The lowest BCUT2D eigenvalue weighted by atomic mass is 9.58. The number of piperidine rings is 1. The summed E-state index contributed by atoms with van der Waals surface area (Å²) in [5.41, 5.74) is -2.28. The van der Waals surface area contributed by atoms with Crippen LogP contribution in [0.5, 0.6) is 5.75 Å². The van der Waals surface area contributed by atoms with Crippen molar-refractivity contribution in [2.75, 3.05) is 18.0 Å². The van der Waals surface area contributed by atoms with Crippen LogP contribution in [0.25, 0.3) is 22.2 Å². The minimum atomic E-state index is -4.99. The van der Waals surface area contributed by atoms with Crippen molar-refractivity contribution >= 4 is 28.7 Å². The summed E-state index contributed by atoms with van der Waals surface area (Å²) in [7, 11) is 0. The first-order valence-corrected chi connectivity index (χ1v) is 20.7. The van der Waals surface area contributed by atoms with Gasteiger partial charge in [0.15, 0.2) is 11.5 Å². The van der Waals surface area contributed by atoms with Crippen molar-refractivity contribution in [1.29, 1.82) is 0 Å². The van der Waals surface area contributed by atoms with E-state index in [1.165, 1.54) is 6.07 Å². The molecule has 4 aromatic rings. The Balaban J connectivity index is 0.965. The molecule has 0 spiro atoms. The molecule has 7 unspecified atom stereocenters. The Morgan fingerprint density at radius 2 is 1.60 bits per heavy atom. The van der Waals surface area contributed by atoms with Crippen molar-refractivity contribution in [1.82, 2.24) is 24.8 Å². The lowest BCUT2D eigenvalue weighted by Gasteiger charge is -2.50. The molecule has 58 heavy (non-hydrogen) atoms. The number of aromatic nitrogens is 4. The molecule has 2 N–H and O–H groups in total. The lowest BCUT2D eigenvalue weighted by Crippen LogP contribution is -2.66. The molecule has 7 aliphatic rings. The predicted octanol–water partition coefficient (Wildman–Crippen LogP) is 7.98. The van der Waals surface area contributed by atoms with Gasteiger partial charge >= 0.3 is 12.1 Å². The third-order valence-corrected chi connectivity index (χ3v) is 14.2. The van der Waals surface area contributed by atoms with E-state index in [4.69, 9.17) is 9.47 Å². The van der Waals surface area contributed by atoms with Crippen molar-refractivity contribution in [3.8, 4) is 17.0 Å². The number of aliphatic carboxylic acids is 1. The molecule has 1 amide bonds. The molecule has 11 rings (SSSR count). The highest BCUT2D eigenvalue weighted by molar-refractivity contribution is 6.00. The largest absolute Gasteiger partial charge is 0.490 e. The zero-order valence-electron chi connectivity index (χ0n) is 32.0. The number of hydrogen-bond donors (Lipinski definition) is 2. The molecule has 4 aliphatic carbocycles. The zero-order chi connectivity index (χ0) is 39.9. The Kier molecular flexibility index (Phi) is 9.17. The number of amides is 1. The number of carbonyl (C=O) groups is 2. The van der Waals surface area contributed by atoms with Crippen LogP contribution in [0.3, 0.4) is 0 Å². The smallest absolute Gasteiger partial charge is 0.434 e. The maximum atomic E-state index is 15.0. The van der Waals surface area contributed by atoms with Gasteiger partial charge < -0.3 is 29.4 Å². The van der Waals surface area contributed by atoms with Crippen molar-refractivity contribution in [3.05, 3.63) is 66.0 Å². The average Bonchev–Trinajstić information content (AvgIpc) is 3.68. The minimum Gasteiger partial charge on any atom is -0.490 e. The van der Waals surface area contributed by atoms with E-state index in [2.05, 4.69) is 24.8 Å². The molecule has 7 atom stereocenters. The molecule has 4 saturated carbocycles. The van der Waals surface area contributed by atoms with Crippen LogP contribution in [0, 0.1) is 29.5 Å². The topological polar surface area (TPSA) is 132 Å². The van der Waals surface area contributed by atoms with Gasteiger partial charge in [-0.3, -0.25) is 4.79 Å². The summed E-state index contributed by atoms with van der Waals surface area (Å²) in [6.45, 7) is 1.26. The molecule has 7 fully saturated rings. The van der Waals surface area contributed by atoms with Crippen molar-refractivity contribution < 1.29 is 41.7 Å². The number of nitrogens with zero attached hydrogens (tertiary/aromatic N) is 5. The standard InChI is InChI=1S/C43H46F4N6O5/c44-27-20-48-41(49-21-27)52-11-9-29(10-12-52)57-32-5-6-33-35(22-53(37(33)19-32)28-17-30-3-4-31(18-28)58-30)36-8-7-34(38(50-36)43(45,46)47)39(54)51-42(40(55)56)25-2-1-23-13-24(15-25)16-26(42)14-23/h5-8,19-26,28-31H,1-4,9-18H2,(H,51,54)(H,55,56). The summed E-state index contributed by atoms with van der Waals surface area (Å²) < 4.78 is 73.1. The summed E-state index contributed by atoms with van der Waals surface area (Å²) in [5, 5.41) is 14.1. The molecule has 3 saturated heterocycles. The number of benzene rings is 1. The van der Waals surface area contributed by atoms with Crippen LogP contribution in [0.1, 0.15) is 99.1 Å². The third-order valence-electron chi connectivity index (χ3n) is 14.2. The van der Waals surface area contributed by atoms with Gasteiger partial charge in [0.2, 0.25) is 5.95 Å². The Hall–Kier alpha value is -4.79. The highest BCUT2D eigenvalue weighted by Crippen LogP contribution is 2.56. The molecule has 15 heteroatoms. The van der Waals surface area contributed by atoms with Gasteiger partial charge in [0.25, 0.3) is 5.91 Å². The molecular weight excluding hydrogens is 757 g/mol. The number of halogens is 4. The van der Waals surface area contributed by atoms with E-state index in [0.29, 0.717) is 86.1 Å². The molecule has 1 aromatic carbocycles. The summed E-state index contributed by atoms with van der Waals surface area (Å²) in [6, 6.07) is 8.26. The Labute approximate surface area is 332 Å². The van der Waals surface area contributed by atoms with Crippen LogP contribution in [-0.4, -0.2) is 73.4 Å². The van der Waals surface area contributed by atoms with E-state index in [-0.39, 0.29) is 41.9 Å². The predicted molar refractivity (Wildman–Crippen MR) is 204 cm³/mol. The van der Waals surface area contributed by atoms with Crippen LogP contribution in [0.4, 0.5) is 23.5 Å². The van der Waals surface area contributed by atoms with E-state index in [9.17, 15) is 32.3 Å². The fourth-order valence-electron chi connectivity index (χ4n) is 11.6. The third kappa shape index (κ3) is 6.57. The Morgan fingerprint density at radius 1 is 0.879 bits per heavy atom. The molecule has 3 aromatic heterocycles. The summed E-state index contributed by atoms with van der Waals surface area (Å²) in [6.07, 6.45) is 8.66. The fraction of sp³-hybridized carbons (Fsp3) is 0.558. The number of hydrogen-bond acceptors (Lipinski definition) is 8. The molecule has 6 heterocycles. The summed E-state index contributed by atoms with van der Waals surface area (Å²) in [4.78, 5) is 41.4. The van der Waals surface area contributed by atoms with Crippen LogP contribution < -0.4 is 15.0 Å². The zero-order valence-corrected chi connectivity index (χ0v) is 32.0. The number of anilines is 1. The average molecular weight is 803 g/mol. The van der Waals surface area contributed by atoms with E-state index >= 15 is 0 Å². The van der Waals surface area contributed by atoms with Crippen LogP contribution >= 0.6 is 0 Å². The van der Waals surface area contributed by atoms with E-state index in [1.54, 1.807) is 0 Å². The summed E-state index contributed by atoms with van der Waals surface area (Å²) >= 11 is 0. The number of fused-ring (bicyclic) bond motifs is 4. The first-order valence-electron chi connectivity index (χ1n) is 20.7. The quantitative estimate of drug-likeness (QED) is 0.170. The first kappa shape index (κ1) is 37.5. The highest BCUT2D eigenvalue weighted by atomic mass is 19.4. The second-order valence-electron chi connectivity index (χ2n) is 17.6. The number of carboxylic acids is 1. The number of pyridine rings is 1. The Bertz CT molecular complexity index is 2220. The molecule has 0 radical (unpaired) electrons. The van der Waals surface area contributed by atoms with Gasteiger partial charge in [-0.1, -0.05) is 6.42 Å². The van der Waals surface area contributed by atoms with Gasteiger partial charge in [-0.05, 0) is 106 Å². The fourth-order valence-corrected chi connectivity index (χ4v) is 11.6. The summed E-state index contributed by atoms with van der Waals surface area (Å²) in [5.74, 6) is -1.52. The number of ether oxygens (including phenoxy) is 2. The van der Waals surface area contributed by atoms with Crippen LogP contribution in [0.15, 0.2) is 48.9 Å². The van der Waals surface area contributed by atoms with Crippen LogP contribution in [-0.2, 0) is 15.7 Å². The van der Waals surface area contributed by atoms with Gasteiger partial charge in [0.05, 0.1) is 41.4 Å². The van der Waals surface area contributed by atoms with Crippen molar-refractivity contribution in [2.24, 2.45) is 23.7 Å². The van der Waals surface area contributed by atoms with E-state index in [1.807, 2.05) is 29.3 Å². The SMILES string of the molecule is O=C(NC1(C(=O)O)C2CCC3CC(C2)CC1C3)c1ccc(-c2cn(C3CC4CCC(C3)O4)c3cc(OC4CCN(c5ncc(F)cn5)CC4)ccc23)nc1C(F)(F)F. The van der Waals surface area contributed by atoms with Crippen molar-refractivity contribution in [2.45, 2.75) is 113 Å². The molecule has 306 valence electrons. The monoisotopic (exact) mass is 802 g/mol. The minimum absolute atomic E-state index is 0.0427. The van der Waals surface area contributed by atoms with Crippen LogP contribution in [0.2, 0.25) is 0 Å². The van der Waals surface area contributed by atoms with Gasteiger partial charge in [-0.2, -0.15) is 13.2 Å². The highest BCUT2D eigenvalue weighted by Gasteiger charge is 2.60. The number of rotatable bonds is 8. The number of carbonyl (C=O) groups excluding carboxylic acids is 1. The first-order chi connectivity index (χ1) is 27.9. The Morgan fingerprint density at radius 3 is 2.33 bits per heavy atom. The molecule has 11 nitrogen and oxygen atoms in total. The maximum Gasteiger partial charge on any atom is 0.434 e. The molecular formula is C43H46F4N6O5. The lowest BCUT2D eigenvalue weighted by molar-refractivity contribution is -0.154. The van der Waals surface area contributed by atoms with Gasteiger partial charge in [-0.25, -0.2) is 24.1 Å². The second-order valence-corrected chi connectivity index (χ2v) is 17.6. The second kappa shape index (κ2) is 14.2. The van der Waals surface area contributed by atoms with Gasteiger partial charge in [0.1, 0.15) is 17.4 Å². The van der Waals surface area contributed by atoms with Crippen molar-refractivity contribution in [3.63, 3.8) is 0 Å². The van der Waals surface area contributed by atoms with E-state index in [0.717, 1.165) is 62.5 Å². The van der Waals surface area contributed by atoms with Gasteiger partial charge in [0, 0.05) is 55.2 Å². The normalized spacial score (nSPS) is 30.8. The van der Waals surface area contributed by atoms with E-state index < -0.39 is 40.7 Å². The molecule has 6 bridgehead atoms. The number of alkyl halides is 3. The number of nitrogens with one attached hydrogen (secondary N) is 1.